The molecule has 2 amide bonds. The van der Waals surface area contributed by atoms with Crippen LogP contribution in [0.5, 0.6) is 0 Å². The predicted molar refractivity (Wildman–Crippen MR) is 96.5 cm³/mol. The molecule has 1 heterocycles. The molecule has 136 valence electrons. The van der Waals surface area contributed by atoms with Crippen LogP contribution in [0.4, 0.5) is 5.69 Å². The third-order valence-corrected chi connectivity index (χ3v) is 5.44. The first-order valence-corrected chi connectivity index (χ1v) is 9.56. The first-order chi connectivity index (χ1) is 12.3. The van der Waals surface area contributed by atoms with E-state index in [0.29, 0.717) is 5.69 Å². The second-order valence-electron chi connectivity index (χ2n) is 6.23. The lowest BCUT2D eigenvalue weighted by molar-refractivity contribution is -0.127. The Kier molecular flexibility index (Phi) is 4.80. The number of carbonyl (C=O) groups excluding carboxylic acids is 2. The van der Waals surface area contributed by atoms with E-state index in [9.17, 15) is 18.0 Å². The van der Waals surface area contributed by atoms with Crippen molar-refractivity contribution in [1.29, 1.82) is 0 Å². The fraction of sp³-hybridized carbons (Fsp3) is 0.222. The van der Waals surface area contributed by atoms with Crippen LogP contribution in [0.25, 0.3) is 0 Å². The Balaban J connectivity index is 1.81. The molecule has 0 aliphatic carbocycles. The number of likely N-dealkylation sites (tertiary alicyclic amines) is 1. The molecule has 2 aromatic carbocycles. The average Bonchev–Trinajstić information content (AvgIpc) is 2.91. The lowest BCUT2D eigenvalue weighted by Gasteiger charge is -2.25. The van der Waals surface area contributed by atoms with E-state index in [-0.39, 0.29) is 29.2 Å². The Morgan fingerprint density at radius 3 is 2.31 bits per heavy atom. The molecule has 1 saturated heterocycles. The lowest BCUT2D eigenvalue weighted by atomic mass is 9.93. The molecule has 3 rings (SSSR count). The molecule has 7 nitrogen and oxygen atoms in total. The molecule has 1 aliphatic heterocycles. The second-order valence-corrected chi connectivity index (χ2v) is 7.79. The van der Waals surface area contributed by atoms with E-state index in [1.807, 2.05) is 30.3 Å². The van der Waals surface area contributed by atoms with Gasteiger partial charge in [0.1, 0.15) is 0 Å². The van der Waals surface area contributed by atoms with Crippen molar-refractivity contribution in [2.75, 3.05) is 12.4 Å². The van der Waals surface area contributed by atoms with Gasteiger partial charge in [0, 0.05) is 19.2 Å². The van der Waals surface area contributed by atoms with Gasteiger partial charge in [0.05, 0.1) is 16.9 Å². The quantitative estimate of drug-likeness (QED) is 0.846. The normalized spacial score (nSPS) is 20.2. The summed E-state index contributed by atoms with van der Waals surface area (Å²) >= 11 is 0. The fourth-order valence-electron chi connectivity index (χ4n) is 3.17. The number of nitrogens with two attached hydrogens (primary N) is 1. The number of benzene rings is 2. The SMILES string of the molecule is CN1C(=O)C[C@H](C(=O)Nc2ccc(S(N)(=O)=O)cc2)[C@H]1c1ccccc1. The van der Waals surface area contributed by atoms with Crippen LogP contribution in [0.3, 0.4) is 0 Å². The first-order valence-electron chi connectivity index (χ1n) is 8.01. The number of hydrogen-bond acceptors (Lipinski definition) is 4. The molecule has 0 aromatic heterocycles. The summed E-state index contributed by atoms with van der Waals surface area (Å²) in [5.74, 6) is -0.920. The standard InChI is InChI=1S/C18H19N3O4S/c1-21-16(22)11-15(17(21)12-5-3-2-4-6-12)18(23)20-13-7-9-14(10-8-13)26(19,24)25/h2-10,15,17H,11H2,1H3,(H,20,23)(H2,19,24,25)/t15-,17+/m0/s1. The highest BCUT2D eigenvalue weighted by Crippen LogP contribution is 2.37. The minimum Gasteiger partial charge on any atom is -0.338 e. The molecule has 2 aromatic rings. The number of carbonyl (C=O) groups is 2. The van der Waals surface area contributed by atoms with Crippen molar-refractivity contribution in [3.63, 3.8) is 0 Å². The average molecular weight is 373 g/mol. The largest absolute Gasteiger partial charge is 0.338 e. The molecule has 0 bridgehead atoms. The summed E-state index contributed by atoms with van der Waals surface area (Å²) in [6.45, 7) is 0. The van der Waals surface area contributed by atoms with Crippen molar-refractivity contribution in [2.24, 2.45) is 11.1 Å². The zero-order chi connectivity index (χ0) is 18.9. The van der Waals surface area contributed by atoms with Crippen LogP contribution in [0.1, 0.15) is 18.0 Å². The highest BCUT2D eigenvalue weighted by molar-refractivity contribution is 7.89. The Morgan fingerprint density at radius 1 is 1.12 bits per heavy atom. The van der Waals surface area contributed by atoms with E-state index in [1.165, 1.54) is 24.3 Å². The summed E-state index contributed by atoms with van der Waals surface area (Å²) in [5, 5.41) is 7.81. The molecule has 3 N–H and O–H groups in total. The van der Waals surface area contributed by atoms with E-state index >= 15 is 0 Å². The van der Waals surface area contributed by atoms with Gasteiger partial charge in [-0.15, -0.1) is 0 Å². The number of sulfonamides is 1. The van der Waals surface area contributed by atoms with Gasteiger partial charge < -0.3 is 10.2 Å². The Morgan fingerprint density at radius 2 is 1.73 bits per heavy atom. The number of nitrogens with one attached hydrogen (secondary N) is 1. The molecule has 1 fully saturated rings. The molecule has 0 spiro atoms. The van der Waals surface area contributed by atoms with E-state index < -0.39 is 15.9 Å². The van der Waals surface area contributed by atoms with E-state index in [1.54, 1.807) is 11.9 Å². The summed E-state index contributed by atoms with van der Waals surface area (Å²) in [7, 11) is -2.10. The van der Waals surface area contributed by atoms with Gasteiger partial charge in [-0.25, -0.2) is 13.6 Å². The van der Waals surface area contributed by atoms with Crippen LogP contribution < -0.4 is 10.5 Å². The van der Waals surface area contributed by atoms with Crippen LogP contribution in [0.15, 0.2) is 59.5 Å². The zero-order valence-corrected chi connectivity index (χ0v) is 14.9. The van der Waals surface area contributed by atoms with Gasteiger partial charge in [0.2, 0.25) is 21.8 Å². The number of amides is 2. The van der Waals surface area contributed by atoms with Gasteiger partial charge in [-0.3, -0.25) is 9.59 Å². The predicted octanol–water partition coefficient (Wildman–Crippen LogP) is 1.49. The summed E-state index contributed by atoms with van der Waals surface area (Å²) in [6, 6.07) is 14.6. The molecular formula is C18H19N3O4S. The molecule has 0 radical (unpaired) electrons. The van der Waals surface area contributed by atoms with Gasteiger partial charge in [-0.05, 0) is 29.8 Å². The highest BCUT2D eigenvalue weighted by atomic mass is 32.2. The minimum atomic E-state index is -3.79. The zero-order valence-electron chi connectivity index (χ0n) is 14.1. The van der Waals surface area contributed by atoms with Crippen molar-refractivity contribution in [3.8, 4) is 0 Å². The van der Waals surface area contributed by atoms with E-state index in [4.69, 9.17) is 5.14 Å². The number of primary sulfonamides is 1. The topological polar surface area (TPSA) is 110 Å². The van der Waals surface area contributed by atoms with Gasteiger partial charge in [0.15, 0.2) is 0 Å². The first kappa shape index (κ1) is 18.1. The number of hydrogen-bond donors (Lipinski definition) is 2. The molecule has 0 unspecified atom stereocenters. The van der Waals surface area contributed by atoms with Crippen molar-refractivity contribution in [3.05, 3.63) is 60.2 Å². The minimum absolute atomic E-state index is 0.0339. The third-order valence-electron chi connectivity index (χ3n) is 4.51. The maximum absolute atomic E-state index is 12.7. The van der Waals surface area contributed by atoms with Crippen molar-refractivity contribution >= 4 is 27.5 Å². The van der Waals surface area contributed by atoms with Gasteiger partial charge >= 0.3 is 0 Å². The second kappa shape index (κ2) is 6.89. The van der Waals surface area contributed by atoms with Crippen LogP contribution in [0, 0.1) is 5.92 Å². The third kappa shape index (κ3) is 3.61. The Bertz CT molecular complexity index is 927. The highest BCUT2D eigenvalue weighted by Gasteiger charge is 2.42. The van der Waals surface area contributed by atoms with Crippen molar-refractivity contribution < 1.29 is 18.0 Å². The Labute approximate surface area is 151 Å². The van der Waals surface area contributed by atoms with E-state index in [0.717, 1.165) is 5.56 Å². The molecule has 0 saturated carbocycles. The van der Waals surface area contributed by atoms with Crippen LogP contribution in [-0.4, -0.2) is 32.2 Å². The van der Waals surface area contributed by atoms with Crippen LogP contribution in [-0.2, 0) is 19.6 Å². The number of rotatable bonds is 4. The van der Waals surface area contributed by atoms with Gasteiger partial charge in [0.25, 0.3) is 0 Å². The van der Waals surface area contributed by atoms with Crippen LogP contribution >= 0.6 is 0 Å². The van der Waals surface area contributed by atoms with Gasteiger partial charge in [-0.1, -0.05) is 30.3 Å². The molecule has 2 atom stereocenters. The smallest absolute Gasteiger partial charge is 0.238 e. The summed E-state index contributed by atoms with van der Waals surface area (Å²) in [4.78, 5) is 26.4. The number of nitrogens with zero attached hydrogens (tertiary/aromatic N) is 1. The lowest BCUT2D eigenvalue weighted by Crippen LogP contribution is -2.30. The summed E-state index contributed by atoms with van der Waals surface area (Å²) < 4.78 is 22.6. The summed E-state index contributed by atoms with van der Waals surface area (Å²) in [6.07, 6.45) is 0.122. The molecule has 26 heavy (non-hydrogen) atoms. The van der Waals surface area contributed by atoms with Crippen LogP contribution in [0.2, 0.25) is 0 Å². The van der Waals surface area contributed by atoms with Crippen molar-refractivity contribution in [1.82, 2.24) is 4.90 Å². The van der Waals surface area contributed by atoms with Gasteiger partial charge in [-0.2, -0.15) is 0 Å². The number of anilines is 1. The van der Waals surface area contributed by atoms with E-state index in [2.05, 4.69) is 5.32 Å². The molecular weight excluding hydrogens is 354 g/mol. The monoisotopic (exact) mass is 373 g/mol. The fourth-order valence-corrected chi connectivity index (χ4v) is 3.69. The molecule has 1 aliphatic rings. The maximum atomic E-state index is 12.7. The van der Waals surface area contributed by atoms with Crippen molar-refractivity contribution in [2.45, 2.75) is 17.4 Å². The maximum Gasteiger partial charge on any atom is 0.238 e. The molecule has 8 heteroatoms. The summed E-state index contributed by atoms with van der Waals surface area (Å²) in [5.41, 5.74) is 1.33. The Hall–Kier alpha value is -2.71.